The second kappa shape index (κ2) is 19.9. The van der Waals surface area contributed by atoms with E-state index in [4.69, 9.17) is 18.9 Å². The average molecular weight is 749 g/mol. The number of hydrogen-bond donors (Lipinski definition) is 4. The van der Waals surface area contributed by atoms with Crippen LogP contribution in [0.15, 0.2) is 48.5 Å². The second-order valence-electron chi connectivity index (χ2n) is 15.4. The first kappa shape index (κ1) is 44.4. The van der Waals surface area contributed by atoms with Crippen LogP contribution in [0.2, 0.25) is 0 Å². The van der Waals surface area contributed by atoms with Crippen molar-refractivity contribution in [2.75, 3.05) is 19.7 Å². The van der Waals surface area contributed by atoms with Crippen LogP contribution in [0.3, 0.4) is 0 Å². The Morgan fingerprint density at radius 1 is 0.774 bits per heavy atom. The highest BCUT2D eigenvalue weighted by Gasteiger charge is 2.35. The Labute approximate surface area is 310 Å². The molecule has 3 atom stereocenters. The molecule has 2 aromatic carbocycles. The van der Waals surface area contributed by atoms with Crippen LogP contribution in [0.25, 0.3) is 0 Å². The van der Waals surface area contributed by atoms with Gasteiger partial charge in [-0.1, -0.05) is 44.2 Å². The molecule has 13 nitrogen and oxygen atoms in total. The van der Waals surface area contributed by atoms with Crippen molar-refractivity contribution in [3.05, 3.63) is 71.3 Å². The number of halogens is 2. The number of benzene rings is 2. The minimum absolute atomic E-state index is 0.0119. The first-order valence-corrected chi connectivity index (χ1v) is 17.3. The molecule has 0 spiro atoms. The molecule has 0 bridgehead atoms. The number of carbonyl (C=O) groups excluding carboxylic acids is 5. The summed E-state index contributed by atoms with van der Waals surface area (Å²) in [6, 6.07) is 10.0. The third-order valence-electron chi connectivity index (χ3n) is 7.16. The van der Waals surface area contributed by atoms with Crippen LogP contribution < -0.4 is 21.3 Å². The zero-order valence-corrected chi connectivity index (χ0v) is 32.0. The quantitative estimate of drug-likeness (QED) is 0.127. The smallest absolute Gasteiger partial charge is 0.408 e. The largest absolute Gasteiger partial charge is 0.450 e. The van der Waals surface area contributed by atoms with Gasteiger partial charge in [0.1, 0.15) is 28.9 Å². The summed E-state index contributed by atoms with van der Waals surface area (Å²) < 4.78 is 50.2. The lowest BCUT2D eigenvalue weighted by atomic mass is 9.93. The van der Waals surface area contributed by atoms with Crippen molar-refractivity contribution in [2.24, 2.45) is 5.41 Å². The number of carbonyl (C=O) groups is 5. The van der Waals surface area contributed by atoms with Gasteiger partial charge in [-0.2, -0.15) is 0 Å². The molecule has 0 aliphatic heterocycles. The highest BCUT2D eigenvalue weighted by atomic mass is 19.1. The number of rotatable bonds is 17. The van der Waals surface area contributed by atoms with E-state index >= 15 is 0 Å². The highest BCUT2D eigenvalue weighted by molar-refractivity contribution is 5.85. The summed E-state index contributed by atoms with van der Waals surface area (Å²) in [4.78, 5) is 64.0. The van der Waals surface area contributed by atoms with E-state index in [9.17, 15) is 32.8 Å². The van der Waals surface area contributed by atoms with E-state index < -0.39 is 76.4 Å². The number of esters is 1. The summed E-state index contributed by atoms with van der Waals surface area (Å²) in [5.74, 6) is -3.39. The van der Waals surface area contributed by atoms with Gasteiger partial charge in [0.05, 0.1) is 13.2 Å². The summed E-state index contributed by atoms with van der Waals surface area (Å²) in [7, 11) is 0. The Kier molecular flexibility index (Phi) is 16.6. The normalized spacial score (nSPS) is 13.5. The van der Waals surface area contributed by atoms with Gasteiger partial charge in [-0.25, -0.2) is 18.4 Å². The fourth-order valence-corrected chi connectivity index (χ4v) is 4.78. The van der Waals surface area contributed by atoms with Gasteiger partial charge in [0.25, 0.3) is 5.91 Å². The minimum Gasteiger partial charge on any atom is -0.450 e. The molecule has 0 aromatic heterocycles. The van der Waals surface area contributed by atoms with Crippen molar-refractivity contribution >= 4 is 30.0 Å². The lowest BCUT2D eigenvalue weighted by Gasteiger charge is -2.30. The molecule has 53 heavy (non-hydrogen) atoms. The predicted octanol–water partition coefficient (Wildman–Crippen LogP) is 5.09. The first-order valence-electron chi connectivity index (χ1n) is 17.3. The van der Waals surface area contributed by atoms with Gasteiger partial charge in [-0.3, -0.25) is 14.4 Å². The number of amides is 4. The van der Waals surface area contributed by atoms with Gasteiger partial charge in [0, 0.05) is 32.5 Å². The second-order valence-corrected chi connectivity index (χ2v) is 15.4. The van der Waals surface area contributed by atoms with Gasteiger partial charge in [-0.05, 0) is 82.7 Å². The fourth-order valence-electron chi connectivity index (χ4n) is 4.78. The number of hydrogen-bond acceptors (Lipinski definition) is 9. The maximum Gasteiger partial charge on any atom is 0.408 e. The molecule has 3 unspecified atom stereocenters. The zero-order valence-electron chi connectivity index (χ0n) is 32.0. The molecular weight excluding hydrogens is 694 g/mol. The molecule has 0 aliphatic carbocycles. The summed E-state index contributed by atoms with van der Waals surface area (Å²) >= 11 is 0. The molecule has 0 radical (unpaired) electrons. The van der Waals surface area contributed by atoms with E-state index in [-0.39, 0.29) is 44.7 Å². The Hall–Kier alpha value is -4.79. The Morgan fingerprint density at radius 3 is 1.94 bits per heavy atom. The van der Waals surface area contributed by atoms with E-state index in [0.29, 0.717) is 0 Å². The summed E-state index contributed by atoms with van der Waals surface area (Å²) in [5, 5.41) is 10.6. The van der Waals surface area contributed by atoms with Gasteiger partial charge in [0.15, 0.2) is 0 Å². The molecule has 0 saturated heterocycles. The molecule has 0 fully saturated rings. The van der Waals surface area contributed by atoms with Crippen LogP contribution in [0.4, 0.5) is 18.4 Å². The number of ether oxygens (including phenoxy) is 4. The van der Waals surface area contributed by atoms with Gasteiger partial charge < -0.3 is 40.2 Å². The van der Waals surface area contributed by atoms with Crippen LogP contribution in [0.1, 0.15) is 79.9 Å². The Balaban J connectivity index is 2.12. The summed E-state index contributed by atoms with van der Waals surface area (Å²) in [5.41, 5.74) is -1.66. The lowest BCUT2D eigenvalue weighted by Crippen LogP contribution is -2.56. The molecule has 2 rings (SSSR count). The SMILES string of the molecule is CC(=O)OC(C(=O)NCC(C)(C)CNC(=O)CC(Cc1cc(F)ccc1F)NC(=O)OC(C)(C)C)C(COCc1ccccc1)NC(=O)OC(C)(C)C. The van der Waals surface area contributed by atoms with Crippen molar-refractivity contribution in [3.8, 4) is 0 Å². The van der Waals surface area contributed by atoms with Crippen LogP contribution in [0, 0.1) is 17.0 Å². The first-order chi connectivity index (χ1) is 24.5. The van der Waals surface area contributed by atoms with Crippen LogP contribution in [-0.2, 0) is 46.4 Å². The number of alkyl carbamates (subject to hydrolysis) is 2. The zero-order chi connectivity index (χ0) is 40.0. The van der Waals surface area contributed by atoms with Crippen molar-refractivity contribution in [2.45, 2.75) is 111 Å². The maximum absolute atomic E-state index is 14.5. The maximum atomic E-state index is 14.5. The van der Waals surface area contributed by atoms with Crippen molar-refractivity contribution < 1.29 is 51.7 Å². The van der Waals surface area contributed by atoms with E-state index in [1.807, 2.05) is 30.3 Å². The van der Waals surface area contributed by atoms with E-state index in [1.165, 1.54) is 0 Å². The minimum atomic E-state index is -1.51. The van der Waals surface area contributed by atoms with E-state index in [2.05, 4.69) is 21.3 Å². The van der Waals surface area contributed by atoms with Gasteiger partial charge in [0.2, 0.25) is 12.0 Å². The standard InChI is InChI=1S/C38H54F2N4O9/c1-24(45)51-32(30(44-35(49)53-37(5,6)7)21-50-20-25-13-11-10-12-14-25)33(47)42-23-38(8,9)22-41-31(46)19-28(43-34(48)52-36(2,3)4)18-26-17-27(39)15-16-29(26)40/h10-17,28,30,32H,18-23H2,1-9H3,(H,41,46)(H,42,47)(H,43,48)(H,44,49). The molecular formula is C38H54F2N4O9. The highest BCUT2D eigenvalue weighted by Crippen LogP contribution is 2.17. The van der Waals surface area contributed by atoms with Crippen LogP contribution in [-0.4, -0.2) is 79.1 Å². The van der Waals surface area contributed by atoms with Gasteiger partial charge >= 0.3 is 18.2 Å². The molecule has 2 aromatic rings. The van der Waals surface area contributed by atoms with Gasteiger partial charge in [-0.15, -0.1) is 0 Å². The van der Waals surface area contributed by atoms with Crippen LogP contribution in [0.5, 0.6) is 0 Å². The monoisotopic (exact) mass is 748 g/mol. The molecule has 0 saturated carbocycles. The number of nitrogens with one attached hydrogen (secondary N) is 4. The fraction of sp³-hybridized carbons (Fsp3) is 0.553. The third kappa shape index (κ3) is 18.5. The van der Waals surface area contributed by atoms with Crippen molar-refractivity contribution in [1.29, 1.82) is 0 Å². The molecule has 294 valence electrons. The van der Waals surface area contributed by atoms with E-state index in [0.717, 1.165) is 30.7 Å². The van der Waals surface area contributed by atoms with Crippen LogP contribution >= 0.6 is 0 Å². The topological polar surface area (TPSA) is 170 Å². The molecule has 4 N–H and O–H groups in total. The van der Waals surface area contributed by atoms with Crippen molar-refractivity contribution in [3.63, 3.8) is 0 Å². The van der Waals surface area contributed by atoms with E-state index in [1.54, 1.807) is 55.4 Å². The molecule has 0 aliphatic rings. The Bertz CT molecular complexity index is 1540. The molecule has 15 heteroatoms. The van der Waals surface area contributed by atoms with Crippen molar-refractivity contribution in [1.82, 2.24) is 21.3 Å². The third-order valence-corrected chi connectivity index (χ3v) is 7.16. The molecule has 4 amide bonds. The summed E-state index contributed by atoms with van der Waals surface area (Å²) in [6.45, 7) is 14.6. The average Bonchev–Trinajstić information content (AvgIpc) is 3.01. The molecule has 0 heterocycles. The lowest BCUT2D eigenvalue weighted by molar-refractivity contribution is -0.157. The summed E-state index contributed by atoms with van der Waals surface area (Å²) in [6.07, 6.45) is -3.68. The predicted molar refractivity (Wildman–Crippen MR) is 192 cm³/mol. The Morgan fingerprint density at radius 2 is 1.36 bits per heavy atom.